The van der Waals surface area contributed by atoms with Crippen molar-refractivity contribution in [3.05, 3.63) is 108 Å². The molecule has 0 saturated carbocycles. The van der Waals surface area contributed by atoms with E-state index >= 15 is 0 Å². The zero-order valence-corrected chi connectivity index (χ0v) is 17.8. The van der Waals surface area contributed by atoms with Crippen LogP contribution in [-0.4, -0.2) is 38.0 Å². The second-order valence-corrected chi connectivity index (χ2v) is 8.41. The van der Waals surface area contributed by atoms with E-state index in [1.54, 1.807) is 23.3 Å². The minimum atomic E-state index is -0.843. The van der Waals surface area contributed by atoms with Crippen molar-refractivity contribution in [1.82, 2.24) is 19.7 Å². The lowest BCUT2D eigenvalue weighted by atomic mass is 9.73. The summed E-state index contributed by atoms with van der Waals surface area (Å²) >= 11 is 0. The fourth-order valence-corrected chi connectivity index (χ4v) is 5.25. The SMILES string of the molecule is O=C(c1ccc(-n2cccn2)cc1)N1CCC2(C(=O)Nc3ccccc32)C1c1cccnc1. The molecule has 0 aliphatic carbocycles. The Kier molecular flexibility index (Phi) is 4.36. The number of pyridine rings is 1. The minimum Gasteiger partial charge on any atom is -0.330 e. The van der Waals surface area contributed by atoms with Crippen LogP contribution in [0.4, 0.5) is 5.69 Å². The van der Waals surface area contributed by atoms with Crippen molar-refractivity contribution in [3.63, 3.8) is 0 Å². The summed E-state index contributed by atoms with van der Waals surface area (Å²) in [6, 6.07) is 20.3. The predicted octanol–water partition coefficient (Wildman–Crippen LogP) is 3.74. The molecule has 1 N–H and O–H groups in total. The first-order valence-corrected chi connectivity index (χ1v) is 10.9. The number of anilines is 1. The van der Waals surface area contributed by atoms with Gasteiger partial charge in [-0.2, -0.15) is 5.10 Å². The molecule has 0 bridgehead atoms. The van der Waals surface area contributed by atoms with E-state index in [2.05, 4.69) is 15.4 Å². The number of nitrogens with one attached hydrogen (secondary N) is 1. The molecule has 1 fully saturated rings. The number of para-hydroxylation sites is 1. The first-order chi connectivity index (χ1) is 16.2. The fraction of sp³-hybridized carbons (Fsp3) is 0.154. The Morgan fingerprint density at radius 3 is 2.61 bits per heavy atom. The van der Waals surface area contributed by atoms with Crippen LogP contribution < -0.4 is 5.32 Å². The molecule has 2 atom stereocenters. The molecule has 2 amide bonds. The molecule has 1 spiro atoms. The maximum absolute atomic E-state index is 13.7. The first kappa shape index (κ1) is 19.4. The molecule has 2 aliphatic heterocycles. The second kappa shape index (κ2) is 7.41. The maximum Gasteiger partial charge on any atom is 0.254 e. The van der Waals surface area contributed by atoms with E-state index < -0.39 is 11.5 Å². The molecule has 4 aromatic rings. The molecule has 7 nitrogen and oxygen atoms in total. The molecule has 1 saturated heterocycles. The summed E-state index contributed by atoms with van der Waals surface area (Å²) in [5, 5.41) is 7.28. The smallest absolute Gasteiger partial charge is 0.254 e. The third kappa shape index (κ3) is 2.89. The van der Waals surface area contributed by atoms with E-state index in [9.17, 15) is 9.59 Å². The zero-order chi connectivity index (χ0) is 22.4. The molecule has 2 unspecified atom stereocenters. The summed E-state index contributed by atoms with van der Waals surface area (Å²) in [5.74, 6) is -0.174. The van der Waals surface area contributed by atoms with Crippen LogP contribution in [0.25, 0.3) is 5.69 Å². The molecule has 2 aromatic carbocycles. The number of amides is 2. The van der Waals surface area contributed by atoms with Crippen LogP contribution in [0, 0.1) is 0 Å². The van der Waals surface area contributed by atoms with Gasteiger partial charge in [-0.15, -0.1) is 0 Å². The number of likely N-dealkylation sites (tertiary alicyclic amines) is 1. The first-order valence-electron chi connectivity index (χ1n) is 10.9. The van der Waals surface area contributed by atoms with Gasteiger partial charge in [0, 0.05) is 42.6 Å². The molecular formula is C26H21N5O2. The number of fused-ring (bicyclic) bond motifs is 2. The number of nitrogens with zero attached hydrogens (tertiary/aromatic N) is 4. The van der Waals surface area contributed by atoms with Gasteiger partial charge in [-0.1, -0.05) is 24.3 Å². The molecule has 7 heteroatoms. The average Bonchev–Trinajstić information content (AvgIpc) is 3.59. The van der Waals surface area contributed by atoms with Crippen LogP contribution in [-0.2, 0) is 10.2 Å². The van der Waals surface area contributed by atoms with Crippen LogP contribution in [0.1, 0.15) is 33.9 Å². The van der Waals surface area contributed by atoms with Crippen molar-refractivity contribution in [3.8, 4) is 5.69 Å². The molecule has 6 rings (SSSR count). The number of carbonyl (C=O) groups is 2. The summed E-state index contributed by atoms with van der Waals surface area (Å²) in [5.41, 5.74) is 3.21. The zero-order valence-electron chi connectivity index (χ0n) is 17.8. The summed E-state index contributed by atoms with van der Waals surface area (Å²) in [6.45, 7) is 0.473. The van der Waals surface area contributed by atoms with Gasteiger partial charge in [0.2, 0.25) is 5.91 Å². The molecule has 2 aliphatic rings. The Bertz CT molecular complexity index is 1330. The van der Waals surface area contributed by atoms with E-state index in [4.69, 9.17) is 0 Å². The standard InChI is InChI=1S/C26H21N5O2/c32-24(18-8-10-20(11-9-18)31-15-4-14-28-31)30-16-12-26(23(30)19-5-3-13-27-17-19)21-6-1-2-7-22(21)29-25(26)33/h1-11,13-15,17,23H,12,16H2,(H,29,33). The van der Waals surface area contributed by atoms with E-state index in [1.165, 1.54) is 0 Å². The van der Waals surface area contributed by atoms with Gasteiger partial charge >= 0.3 is 0 Å². The maximum atomic E-state index is 13.7. The lowest BCUT2D eigenvalue weighted by Crippen LogP contribution is -2.42. The van der Waals surface area contributed by atoms with E-state index in [1.807, 2.05) is 77.8 Å². The fourth-order valence-electron chi connectivity index (χ4n) is 5.25. The van der Waals surface area contributed by atoms with E-state index in [0.29, 0.717) is 18.5 Å². The molecule has 2 aromatic heterocycles. The quantitative estimate of drug-likeness (QED) is 0.532. The molecule has 0 radical (unpaired) electrons. The Hall–Kier alpha value is -4.26. The van der Waals surface area contributed by atoms with Crippen molar-refractivity contribution in [2.75, 3.05) is 11.9 Å². The van der Waals surface area contributed by atoms with Gasteiger partial charge in [-0.25, -0.2) is 4.68 Å². The number of rotatable bonds is 3. The Morgan fingerprint density at radius 2 is 1.85 bits per heavy atom. The van der Waals surface area contributed by atoms with E-state index in [0.717, 1.165) is 22.5 Å². The highest BCUT2D eigenvalue weighted by molar-refractivity contribution is 6.08. The third-order valence-corrected chi connectivity index (χ3v) is 6.73. The second-order valence-electron chi connectivity index (χ2n) is 8.41. The van der Waals surface area contributed by atoms with Crippen molar-refractivity contribution in [1.29, 1.82) is 0 Å². The summed E-state index contributed by atoms with van der Waals surface area (Å²) in [6.07, 6.45) is 7.58. The van der Waals surface area contributed by atoms with E-state index in [-0.39, 0.29) is 11.8 Å². The monoisotopic (exact) mass is 435 g/mol. The lowest BCUT2D eigenvalue weighted by molar-refractivity contribution is -0.121. The number of hydrogen-bond donors (Lipinski definition) is 1. The van der Waals surface area contributed by atoms with Crippen LogP contribution in [0.5, 0.6) is 0 Å². The van der Waals surface area contributed by atoms with Crippen LogP contribution in [0.2, 0.25) is 0 Å². The van der Waals surface area contributed by atoms with Gasteiger partial charge in [-0.05, 0) is 60.0 Å². The Labute approximate surface area is 190 Å². The van der Waals surface area contributed by atoms with Crippen molar-refractivity contribution < 1.29 is 9.59 Å². The highest BCUT2D eigenvalue weighted by Crippen LogP contribution is 2.54. The van der Waals surface area contributed by atoms with Crippen LogP contribution in [0.15, 0.2) is 91.5 Å². The van der Waals surface area contributed by atoms with Crippen LogP contribution >= 0.6 is 0 Å². The third-order valence-electron chi connectivity index (χ3n) is 6.73. The normalized spacial score (nSPS) is 21.3. The lowest BCUT2D eigenvalue weighted by Gasteiger charge is -2.34. The number of benzene rings is 2. The van der Waals surface area contributed by atoms with Crippen molar-refractivity contribution >= 4 is 17.5 Å². The molecule has 162 valence electrons. The van der Waals surface area contributed by atoms with Crippen molar-refractivity contribution in [2.45, 2.75) is 17.9 Å². The topological polar surface area (TPSA) is 80.1 Å². The largest absolute Gasteiger partial charge is 0.330 e. The summed E-state index contributed by atoms with van der Waals surface area (Å²) in [7, 11) is 0. The number of hydrogen-bond acceptors (Lipinski definition) is 4. The Morgan fingerprint density at radius 1 is 1.00 bits per heavy atom. The highest BCUT2D eigenvalue weighted by Gasteiger charge is 2.59. The Balaban J connectivity index is 1.42. The predicted molar refractivity (Wildman–Crippen MR) is 123 cm³/mol. The van der Waals surface area contributed by atoms with Crippen molar-refractivity contribution in [2.24, 2.45) is 0 Å². The molecular weight excluding hydrogens is 414 g/mol. The van der Waals surface area contributed by atoms with Gasteiger partial charge in [0.1, 0.15) is 5.41 Å². The van der Waals surface area contributed by atoms with Crippen LogP contribution in [0.3, 0.4) is 0 Å². The molecule has 33 heavy (non-hydrogen) atoms. The number of aromatic nitrogens is 3. The van der Waals surface area contributed by atoms with Gasteiger partial charge in [0.05, 0.1) is 11.7 Å². The summed E-state index contributed by atoms with van der Waals surface area (Å²) in [4.78, 5) is 33.3. The number of carbonyl (C=O) groups excluding carboxylic acids is 2. The summed E-state index contributed by atoms with van der Waals surface area (Å²) < 4.78 is 1.75. The minimum absolute atomic E-state index is 0.0677. The highest BCUT2D eigenvalue weighted by atomic mass is 16.2. The van der Waals surface area contributed by atoms with Gasteiger partial charge in [0.15, 0.2) is 0 Å². The van der Waals surface area contributed by atoms with Gasteiger partial charge in [0.25, 0.3) is 5.91 Å². The van der Waals surface area contributed by atoms with Gasteiger partial charge < -0.3 is 10.2 Å². The average molecular weight is 435 g/mol. The van der Waals surface area contributed by atoms with Gasteiger partial charge in [-0.3, -0.25) is 14.6 Å². The molecule has 4 heterocycles.